The minimum Gasteiger partial charge on any atom is -0.364 e. The number of pyridine rings is 1. The van der Waals surface area contributed by atoms with Crippen molar-refractivity contribution in [3.63, 3.8) is 0 Å². The summed E-state index contributed by atoms with van der Waals surface area (Å²) in [5.74, 6) is 0. The van der Waals surface area contributed by atoms with Gasteiger partial charge >= 0.3 is 0 Å². The molecule has 0 aromatic carbocycles. The van der Waals surface area contributed by atoms with Gasteiger partial charge in [0.2, 0.25) is 0 Å². The van der Waals surface area contributed by atoms with Crippen LogP contribution >= 0.6 is 11.3 Å². The zero-order chi connectivity index (χ0) is 19.2. The summed E-state index contributed by atoms with van der Waals surface area (Å²) in [6.07, 6.45) is 9.09. The van der Waals surface area contributed by atoms with E-state index in [2.05, 4.69) is 61.8 Å². The average Bonchev–Trinajstić information content (AvgIpc) is 3.51. The van der Waals surface area contributed by atoms with Crippen LogP contribution in [-0.2, 0) is 5.41 Å². The molecular weight excluding hydrogens is 366 g/mol. The van der Waals surface area contributed by atoms with Crippen LogP contribution in [0.15, 0.2) is 66.4 Å². The van der Waals surface area contributed by atoms with E-state index in [4.69, 9.17) is 0 Å². The third-order valence-electron chi connectivity index (χ3n) is 5.20. The van der Waals surface area contributed by atoms with Crippen LogP contribution in [0.25, 0.3) is 11.4 Å². The van der Waals surface area contributed by atoms with Crippen LogP contribution in [0.5, 0.6) is 0 Å². The Morgan fingerprint density at radius 1 is 0.964 bits per heavy atom. The molecule has 4 rings (SSSR count). The lowest BCUT2D eigenvalue weighted by Gasteiger charge is -2.28. The first-order chi connectivity index (χ1) is 13.8. The highest BCUT2D eigenvalue weighted by Gasteiger charge is 2.30. The fourth-order valence-electron chi connectivity index (χ4n) is 3.55. The van der Waals surface area contributed by atoms with Crippen molar-refractivity contribution in [1.82, 2.24) is 19.9 Å². The Balaban J connectivity index is 1.30. The standard InChI is InChI=1S/C22H25N5S/c1-22(19-9-6-14-24-19,20-10-7-15-25-20)11-3-5-13-26-21-27-18(16-28-21)17-8-2-4-12-23-17/h2,4,6-10,12,14-16,24-25H,3,5,11,13H2,1H3,(H,26,27). The maximum absolute atomic E-state index is 4.64. The number of thiazole rings is 1. The lowest BCUT2D eigenvalue weighted by Crippen LogP contribution is -2.25. The normalized spacial score (nSPS) is 11.6. The fraction of sp³-hybridized carbons (Fsp3) is 0.273. The number of aromatic nitrogens is 4. The summed E-state index contributed by atoms with van der Waals surface area (Å²) in [5.41, 5.74) is 4.32. The first-order valence-electron chi connectivity index (χ1n) is 9.64. The molecule has 4 heterocycles. The second-order valence-corrected chi connectivity index (χ2v) is 7.99. The second kappa shape index (κ2) is 8.44. The number of hydrogen-bond acceptors (Lipinski definition) is 4. The zero-order valence-corrected chi connectivity index (χ0v) is 16.8. The van der Waals surface area contributed by atoms with Gasteiger partial charge in [-0.2, -0.15) is 0 Å². The topological polar surface area (TPSA) is 69.4 Å². The molecule has 0 radical (unpaired) electrons. The van der Waals surface area contributed by atoms with Gasteiger partial charge in [0.25, 0.3) is 0 Å². The lowest BCUT2D eigenvalue weighted by molar-refractivity contribution is 0.470. The SMILES string of the molecule is CC(CCCCNc1nc(-c2ccccn2)cs1)(c1ccc[nH]1)c1ccc[nH]1. The molecule has 3 N–H and O–H groups in total. The van der Waals surface area contributed by atoms with Gasteiger partial charge in [0.05, 0.1) is 5.69 Å². The van der Waals surface area contributed by atoms with Gasteiger partial charge in [-0.15, -0.1) is 11.3 Å². The maximum atomic E-state index is 4.64. The van der Waals surface area contributed by atoms with E-state index in [0.29, 0.717) is 0 Å². The summed E-state index contributed by atoms with van der Waals surface area (Å²) < 4.78 is 0. The molecule has 4 aromatic rings. The maximum Gasteiger partial charge on any atom is 0.183 e. The molecule has 0 atom stereocenters. The minimum absolute atomic E-state index is 0.0275. The minimum atomic E-state index is -0.0275. The van der Waals surface area contributed by atoms with Crippen LogP contribution in [-0.4, -0.2) is 26.5 Å². The van der Waals surface area contributed by atoms with Gasteiger partial charge in [0.1, 0.15) is 5.69 Å². The van der Waals surface area contributed by atoms with Crippen LogP contribution in [0.4, 0.5) is 5.13 Å². The molecule has 0 aliphatic carbocycles. The molecule has 4 aromatic heterocycles. The van der Waals surface area contributed by atoms with E-state index in [1.54, 1.807) is 17.5 Å². The number of nitrogens with one attached hydrogen (secondary N) is 3. The molecule has 0 saturated heterocycles. The average molecular weight is 392 g/mol. The Kier molecular flexibility index (Phi) is 5.58. The van der Waals surface area contributed by atoms with Crippen molar-refractivity contribution in [2.45, 2.75) is 31.6 Å². The van der Waals surface area contributed by atoms with Crippen molar-refractivity contribution in [2.75, 3.05) is 11.9 Å². The predicted molar refractivity (Wildman–Crippen MR) is 116 cm³/mol. The lowest BCUT2D eigenvalue weighted by atomic mass is 9.79. The smallest absolute Gasteiger partial charge is 0.183 e. The molecule has 0 saturated carbocycles. The third kappa shape index (κ3) is 4.02. The summed E-state index contributed by atoms with van der Waals surface area (Å²) in [7, 11) is 0. The van der Waals surface area contributed by atoms with E-state index in [1.165, 1.54) is 11.4 Å². The fourth-order valence-corrected chi connectivity index (χ4v) is 4.28. The van der Waals surface area contributed by atoms with Crippen molar-refractivity contribution >= 4 is 16.5 Å². The van der Waals surface area contributed by atoms with Crippen molar-refractivity contribution < 1.29 is 0 Å². The van der Waals surface area contributed by atoms with Gasteiger partial charge in [0.15, 0.2) is 5.13 Å². The molecule has 0 aliphatic heterocycles. The highest BCUT2D eigenvalue weighted by molar-refractivity contribution is 7.14. The van der Waals surface area contributed by atoms with Gasteiger partial charge in [-0.05, 0) is 56.2 Å². The van der Waals surface area contributed by atoms with Crippen LogP contribution in [0.2, 0.25) is 0 Å². The van der Waals surface area contributed by atoms with E-state index in [9.17, 15) is 0 Å². The molecule has 0 bridgehead atoms. The molecule has 6 heteroatoms. The first kappa shape index (κ1) is 18.5. The predicted octanol–water partition coefficient (Wildman–Crippen LogP) is 5.45. The van der Waals surface area contributed by atoms with Crippen LogP contribution < -0.4 is 5.32 Å². The van der Waals surface area contributed by atoms with Crippen LogP contribution in [0.3, 0.4) is 0 Å². The molecule has 144 valence electrons. The van der Waals surface area contributed by atoms with Crippen molar-refractivity contribution in [2.24, 2.45) is 0 Å². The molecule has 0 amide bonds. The van der Waals surface area contributed by atoms with E-state index in [1.807, 2.05) is 30.6 Å². The number of unbranched alkanes of at least 4 members (excludes halogenated alkanes) is 1. The van der Waals surface area contributed by atoms with Gasteiger partial charge in [-0.3, -0.25) is 4.98 Å². The van der Waals surface area contributed by atoms with Gasteiger partial charge < -0.3 is 15.3 Å². The Hall–Kier alpha value is -2.86. The number of H-pyrrole nitrogens is 2. The monoisotopic (exact) mass is 391 g/mol. The molecule has 5 nitrogen and oxygen atoms in total. The zero-order valence-electron chi connectivity index (χ0n) is 16.0. The summed E-state index contributed by atoms with van der Waals surface area (Å²) in [4.78, 5) is 15.8. The van der Waals surface area contributed by atoms with E-state index >= 15 is 0 Å². The van der Waals surface area contributed by atoms with E-state index in [0.717, 1.165) is 42.3 Å². The molecule has 0 spiro atoms. The number of hydrogen-bond donors (Lipinski definition) is 3. The Labute approximate surface area is 169 Å². The second-order valence-electron chi connectivity index (χ2n) is 7.14. The number of aromatic amines is 2. The van der Waals surface area contributed by atoms with Crippen molar-refractivity contribution in [1.29, 1.82) is 0 Å². The van der Waals surface area contributed by atoms with Crippen molar-refractivity contribution in [3.05, 3.63) is 77.8 Å². The Morgan fingerprint density at radius 2 is 1.75 bits per heavy atom. The summed E-state index contributed by atoms with van der Waals surface area (Å²) >= 11 is 1.63. The van der Waals surface area contributed by atoms with Crippen molar-refractivity contribution in [3.8, 4) is 11.4 Å². The molecule has 0 aliphatic rings. The summed E-state index contributed by atoms with van der Waals surface area (Å²) in [6, 6.07) is 14.4. The molecule has 0 unspecified atom stereocenters. The van der Waals surface area contributed by atoms with Crippen LogP contribution in [0, 0.1) is 0 Å². The number of anilines is 1. The number of rotatable bonds is 9. The van der Waals surface area contributed by atoms with Crippen LogP contribution in [0.1, 0.15) is 37.6 Å². The third-order valence-corrected chi connectivity index (χ3v) is 6.00. The first-order valence-corrected chi connectivity index (χ1v) is 10.5. The Bertz CT molecular complexity index is 923. The molecule has 0 fully saturated rings. The number of nitrogens with zero attached hydrogens (tertiary/aromatic N) is 2. The largest absolute Gasteiger partial charge is 0.364 e. The van der Waals surface area contributed by atoms with Gasteiger partial charge in [-0.25, -0.2) is 4.98 Å². The highest BCUT2D eigenvalue weighted by atomic mass is 32.1. The molecular formula is C22H25N5S. The quantitative estimate of drug-likeness (QED) is 0.332. The van der Waals surface area contributed by atoms with Gasteiger partial charge in [0, 0.05) is 47.3 Å². The van der Waals surface area contributed by atoms with Gasteiger partial charge in [-0.1, -0.05) is 12.5 Å². The molecule has 28 heavy (non-hydrogen) atoms. The van der Waals surface area contributed by atoms with E-state index in [-0.39, 0.29) is 5.41 Å². The summed E-state index contributed by atoms with van der Waals surface area (Å²) in [6.45, 7) is 3.22. The van der Waals surface area contributed by atoms with E-state index < -0.39 is 0 Å². The highest BCUT2D eigenvalue weighted by Crippen LogP contribution is 2.35. The Morgan fingerprint density at radius 3 is 2.39 bits per heavy atom. The summed E-state index contributed by atoms with van der Waals surface area (Å²) in [5, 5.41) is 6.46.